The standard InChI is InChI=1S/C14H15N3O/c18-14(16-11-4-2-5-11)17-13-6-1-3-10-7-8-15-9-12(10)13/h1,3,6-9,11H,2,4-5H2,(H2,16,17,18). The van der Waals surface area contributed by atoms with Gasteiger partial charge in [-0.15, -0.1) is 0 Å². The number of pyridine rings is 1. The van der Waals surface area contributed by atoms with E-state index in [0.717, 1.165) is 29.3 Å². The quantitative estimate of drug-likeness (QED) is 0.849. The first-order valence-electron chi connectivity index (χ1n) is 6.23. The van der Waals surface area contributed by atoms with Crippen LogP contribution in [0.25, 0.3) is 10.8 Å². The lowest BCUT2D eigenvalue weighted by Gasteiger charge is -2.26. The van der Waals surface area contributed by atoms with E-state index in [0.29, 0.717) is 6.04 Å². The molecule has 0 saturated heterocycles. The van der Waals surface area contributed by atoms with Crippen molar-refractivity contribution in [2.24, 2.45) is 0 Å². The van der Waals surface area contributed by atoms with Crippen molar-refractivity contribution in [2.75, 3.05) is 5.32 Å². The zero-order valence-electron chi connectivity index (χ0n) is 10.0. The fraction of sp³-hybridized carbons (Fsp3) is 0.286. The Morgan fingerprint density at radius 2 is 2.17 bits per heavy atom. The van der Waals surface area contributed by atoms with Crippen molar-refractivity contribution in [1.29, 1.82) is 0 Å². The van der Waals surface area contributed by atoms with E-state index in [1.54, 1.807) is 12.4 Å². The summed E-state index contributed by atoms with van der Waals surface area (Å²) in [5.74, 6) is 0. The Balaban J connectivity index is 1.79. The normalized spacial score (nSPS) is 15.1. The van der Waals surface area contributed by atoms with Gasteiger partial charge in [-0.1, -0.05) is 12.1 Å². The average Bonchev–Trinajstić information content (AvgIpc) is 2.34. The van der Waals surface area contributed by atoms with Crippen LogP contribution in [-0.4, -0.2) is 17.1 Å². The number of amides is 2. The molecule has 4 heteroatoms. The van der Waals surface area contributed by atoms with Crippen molar-refractivity contribution >= 4 is 22.5 Å². The summed E-state index contributed by atoms with van der Waals surface area (Å²) in [5, 5.41) is 7.89. The summed E-state index contributed by atoms with van der Waals surface area (Å²) in [6.45, 7) is 0. The molecule has 2 amide bonds. The van der Waals surface area contributed by atoms with E-state index in [9.17, 15) is 4.79 Å². The number of hydrogen-bond donors (Lipinski definition) is 2. The molecule has 0 bridgehead atoms. The summed E-state index contributed by atoms with van der Waals surface area (Å²) in [6, 6.07) is 7.98. The Morgan fingerprint density at radius 3 is 2.94 bits per heavy atom. The number of aromatic nitrogens is 1. The molecule has 1 fully saturated rings. The van der Waals surface area contributed by atoms with E-state index >= 15 is 0 Å². The maximum Gasteiger partial charge on any atom is 0.319 e. The van der Waals surface area contributed by atoms with Crippen molar-refractivity contribution in [2.45, 2.75) is 25.3 Å². The summed E-state index contributed by atoms with van der Waals surface area (Å²) in [6.07, 6.45) is 6.91. The predicted octanol–water partition coefficient (Wildman–Crippen LogP) is 2.91. The molecule has 1 aliphatic carbocycles. The van der Waals surface area contributed by atoms with Gasteiger partial charge in [0.1, 0.15) is 0 Å². The fourth-order valence-corrected chi connectivity index (χ4v) is 2.12. The third kappa shape index (κ3) is 2.14. The molecule has 0 aliphatic heterocycles. The molecular formula is C14H15N3O. The summed E-state index contributed by atoms with van der Waals surface area (Å²) in [7, 11) is 0. The number of nitrogens with zero attached hydrogens (tertiary/aromatic N) is 1. The number of carbonyl (C=O) groups is 1. The van der Waals surface area contributed by atoms with Crippen LogP contribution in [0.3, 0.4) is 0 Å². The van der Waals surface area contributed by atoms with Gasteiger partial charge in [-0.2, -0.15) is 0 Å². The molecule has 1 aliphatic rings. The molecule has 92 valence electrons. The number of hydrogen-bond acceptors (Lipinski definition) is 2. The Hall–Kier alpha value is -2.10. The number of rotatable bonds is 2. The fourth-order valence-electron chi connectivity index (χ4n) is 2.12. The lowest BCUT2D eigenvalue weighted by atomic mass is 9.93. The number of carbonyl (C=O) groups excluding carboxylic acids is 1. The van der Waals surface area contributed by atoms with Crippen LogP contribution in [0.1, 0.15) is 19.3 Å². The van der Waals surface area contributed by atoms with Crippen LogP contribution in [-0.2, 0) is 0 Å². The Kier molecular flexibility index (Phi) is 2.84. The predicted molar refractivity (Wildman–Crippen MR) is 71.5 cm³/mol. The molecule has 1 aromatic carbocycles. The Bertz CT molecular complexity index is 573. The zero-order chi connectivity index (χ0) is 12.4. The van der Waals surface area contributed by atoms with Gasteiger partial charge in [-0.3, -0.25) is 4.98 Å². The van der Waals surface area contributed by atoms with Crippen LogP contribution in [0, 0.1) is 0 Å². The van der Waals surface area contributed by atoms with Gasteiger partial charge < -0.3 is 10.6 Å². The smallest absolute Gasteiger partial charge is 0.319 e. The van der Waals surface area contributed by atoms with Gasteiger partial charge in [0.15, 0.2) is 0 Å². The molecule has 3 rings (SSSR count). The van der Waals surface area contributed by atoms with Gasteiger partial charge in [0.2, 0.25) is 0 Å². The second kappa shape index (κ2) is 4.64. The van der Waals surface area contributed by atoms with E-state index in [-0.39, 0.29) is 6.03 Å². The van der Waals surface area contributed by atoms with Crippen molar-refractivity contribution in [3.8, 4) is 0 Å². The number of benzene rings is 1. The lowest BCUT2D eigenvalue weighted by Crippen LogP contribution is -2.41. The summed E-state index contributed by atoms with van der Waals surface area (Å²) in [5.41, 5.74) is 0.803. The van der Waals surface area contributed by atoms with E-state index in [1.807, 2.05) is 24.3 Å². The minimum Gasteiger partial charge on any atom is -0.335 e. The summed E-state index contributed by atoms with van der Waals surface area (Å²) < 4.78 is 0. The van der Waals surface area contributed by atoms with Crippen molar-refractivity contribution in [3.05, 3.63) is 36.7 Å². The van der Waals surface area contributed by atoms with Gasteiger partial charge in [-0.05, 0) is 36.8 Å². The molecule has 0 radical (unpaired) electrons. The first-order chi connectivity index (χ1) is 8.83. The Labute approximate surface area is 105 Å². The maximum absolute atomic E-state index is 11.8. The molecule has 18 heavy (non-hydrogen) atoms. The molecule has 4 nitrogen and oxygen atoms in total. The van der Waals surface area contributed by atoms with Crippen molar-refractivity contribution in [3.63, 3.8) is 0 Å². The largest absolute Gasteiger partial charge is 0.335 e. The number of fused-ring (bicyclic) bond motifs is 1. The highest BCUT2D eigenvalue weighted by atomic mass is 16.2. The van der Waals surface area contributed by atoms with Crippen LogP contribution in [0.2, 0.25) is 0 Å². The minimum absolute atomic E-state index is 0.129. The van der Waals surface area contributed by atoms with Crippen molar-refractivity contribution in [1.82, 2.24) is 10.3 Å². The monoisotopic (exact) mass is 241 g/mol. The van der Waals surface area contributed by atoms with Crippen molar-refractivity contribution < 1.29 is 4.79 Å². The highest BCUT2D eigenvalue weighted by Gasteiger charge is 2.19. The van der Waals surface area contributed by atoms with E-state index in [1.165, 1.54) is 6.42 Å². The maximum atomic E-state index is 11.8. The summed E-state index contributed by atoms with van der Waals surface area (Å²) >= 11 is 0. The van der Waals surface area contributed by atoms with Crippen LogP contribution in [0.15, 0.2) is 36.7 Å². The third-order valence-corrected chi connectivity index (χ3v) is 3.37. The van der Waals surface area contributed by atoms with Crippen LogP contribution in [0.4, 0.5) is 10.5 Å². The summed E-state index contributed by atoms with van der Waals surface area (Å²) in [4.78, 5) is 15.9. The second-order valence-electron chi connectivity index (χ2n) is 4.63. The van der Waals surface area contributed by atoms with Crippen LogP contribution in [0.5, 0.6) is 0 Å². The Morgan fingerprint density at radius 1 is 1.28 bits per heavy atom. The topological polar surface area (TPSA) is 54.0 Å². The molecule has 0 spiro atoms. The van der Waals surface area contributed by atoms with Gasteiger partial charge in [-0.25, -0.2) is 4.79 Å². The number of nitrogens with one attached hydrogen (secondary N) is 2. The molecule has 1 heterocycles. The average molecular weight is 241 g/mol. The highest BCUT2D eigenvalue weighted by molar-refractivity contribution is 6.01. The van der Waals surface area contributed by atoms with E-state index < -0.39 is 0 Å². The minimum atomic E-state index is -0.129. The SMILES string of the molecule is O=C(Nc1cccc2ccncc12)NC1CCC1. The van der Waals surface area contributed by atoms with Crippen LogP contribution >= 0.6 is 0 Å². The number of anilines is 1. The van der Waals surface area contributed by atoms with Gasteiger partial charge in [0.25, 0.3) is 0 Å². The van der Waals surface area contributed by atoms with Gasteiger partial charge >= 0.3 is 6.03 Å². The third-order valence-electron chi connectivity index (χ3n) is 3.37. The van der Waals surface area contributed by atoms with E-state index in [4.69, 9.17) is 0 Å². The first-order valence-corrected chi connectivity index (χ1v) is 6.23. The lowest BCUT2D eigenvalue weighted by molar-refractivity contribution is 0.240. The van der Waals surface area contributed by atoms with E-state index in [2.05, 4.69) is 15.6 Å². The second-order valence-corrected chi connectivity index (χ2v) is 4.63. The molecule has 1 aromatic heterocycles. The molecule has 1 saturated carbocycles. The first kappa shape index (κ1) is 11.0. The van der Waals surface area contributed by atoms with Gasteiger partial charge in [0, 0.05) is 23.8 Å². The van der Waals surface area contributed by atoms with Gasteiger partial charge in [0.05, 0.1) is 5.69 Å². The molecule has 0 atom stereocenters. The molecule has 2 N–H and O–H groups in total. The molecular weight excluding hydrogens is 226 g/mol. The zero-order valence-corrected chi connectivity index (χ0v) is 10.0. The molecule has 0 unspecified atom stereocenters. The highest BCUT2D eigenvalue weighted by Crippen LogP contribution is 2.22. The molecule has 2 aromatic rings. The number of urea groups is 1. The van der Waals surface area contributed by atoms with Crippen LogP contribution < -0.4 is 10.6 Å².